The molecule has 0 aliphatic rings. The molecule has 4 heteroatoms. The van der Waals surface area contributed by atoms with Crippen LogP contribution in [0.5, 0.6) is 5.75 Å². The van der Waals surface area contributed by atoms with Crippen molar-refractivity contribution in [1.82, 2.24) is 0 Å². The SMILES string of the molecule is COc1cc(C(O)Cc2csc3ccccc23)ccc1F. The van der Waals surface area contributed by atoms with Crippen molar-refractivity contribution in [2.24, 2.45) is 0 Å². The van der Waals surface area contributed by atoms with Gasteiger partial charge in [-0.25, -0.2) is 4.39 Å². The summed E-state index contributed by atoms with van der Waals surface area (Å²) in [5.74, 6) is -0.267. The highest BCUT2D eigenvalue weighted by molar-refractivity contribution is 7.17. The van der Waals surface area contributed by atoms with Gasteiger partial charge in [-0.1, -0.05) is 24.3 Å². The predicted octanol–water partition coefficient (Wildman–Crippen LogP) is 4.33. The number of hydrogen-bond acceptors (Lipinski definition) is 3. The molecule has 0 fully saturated rings. The van der Waals surface area contributed by atoms with Crippen LogP contribution in [-0.2, 0) is 6.42 Å². The minimum Gasteiger partial charge on any atom is -0.494 e. The number of aliphatic hydroxyl groups excluding tert-OH is 1. The van der Waals surface area contributed by atoms with E-state index in [9.17, 15) is 9.50 Å². The average molecular weight is 302 g/mol. The van der Waals surface area contributed by atoms with Gasteiger partial charge in [0.05, 0.1) is 13.2 Å². The van der Waals surface area contributed by atoms with Gasteiger partial charge in [0.15, 0.2) is 11.6 Å². The van der Waals surface area contributed by atoms with Crippen LogP contribution < -0.4 is 4.74 Å². The molecule has 2 aromatic carbocycles. The highest BCUT2D eigenvalue weighted by Crippen LogP contribution is 2.30. The second-order valence-corrected chi connectivity index (χ2v) is 5.78. The lowest BCUT2D eigenvalue weighted by atomic mass is 10.0. The predicted molar refractivity (Wildman–Crippen MR) is 83.4 cm³/mol. The molecule has 0 bridgehead atoms. The van der Waals surface area contributed by atoms with Crippen molar-refractivity contribution in [2.45, 2.75) is 12.5 Å². The molecule has 0 saturated heterocycles. The maximum absolute atomic E-state index is 13.4. The second-order valence-electron chi connectivity index (χ2n) is 4.87. The van der Waals surface area contributed by atoms with E-state index >= 15 is 0 Å². The number of benzene rings is 2. The van der Waals surface area contributed by atoms with E-state index in [2.05, 4.69) is 17.5 Å². The molecule has 1 N–H and O–H groups in total. The van der Waals surface area contributed by atoms with E-state index < -0.39 is 11.9 Å². The van der Waals surface area contributed by atoms with Crippen molar-refractivity contribution in [3.8, 4) is 5.75 Å². The summed E-state index contributed by atoms with van der Waals surface area (Å²) in [5, 5.41) is 13.6. The molecule has 0 aliphatic heterocycles. The molecule has 0 radical (unpaired) electrons. The van der Waals surface area contributed by atoms with Crippen LogP contribution in [-0.4, -0.2) is 12.2 Å². The second kappa shape index (κ2) is 5.84. The van der Waals surface area contributed by atoms with Crippen LogP contribution in [0.3, 0.4) is 0 Å². The van der Waals surface area contributed by atoms with Crippen molar-refractivity contribution < 1.29 is 14.2 Å². The van der Waals surface area contributed by atoms with Crippen molar-refractivity contribution in [1.29, 1.82) is 0 Å². The monoisotopic (exact) mass is 302 g/mol. The molecular formula is C17H15FO2S. The summed E-state index contributed by atoms with van der Waals surface area (Å²) in [6.07, 6.45) is -0.184. The number of fused-ring (bicyclic) bond motifs is 1. The number of halogens is 1. The Morgan fingerprint density at radius 1 is 1.24 bits per heavy atom. The van der Waals surface area contributed by atoms with Crippen molar-refractivity contribution in [3.05, 3.63) is 64.8 Å². The minimum atomic E-state index is -0.683. The number of thiophene rings is 1. The molecule has 0 aliphatic carbocycles. The Hall–Kier alpha value is -1.91. The molecule has 1 aromatic heterocycles. The fraction of sp³-hybridized carbons (Fsp3) is 0.176. The molecular weight excluding hydrogens is 287 g/mol. The molecule has 3 rings (SSSR count). The number of aliphatic hydroxyl groups is 1. The maximum Gasteiger partial charge on any atom is 0.165 e. The van der Waals surface area contributed by atoms with Crippen LogP contribution in [0.2, 0.25) is 0 Å². The van der Waals surface area contributed by atoms with Crippen LogP contribution in [0.1, 0.15) is 17.2 Å². The van der Waals surface area contributed by atoms with Gasteiger partial charge in [-0.3, -0.25) is 0 Å². The molecule has 1 heterocycles. The van der Waals surface area contributed by atoms with E-state index in [-0.39, 0.29) is 5.75 Å². The zero-order valence-corrected chi connectivity index (χ0v) is 12.4. The Labute approximate surface area is 126 Å². The first-order valence-corrected chi connectivity index (χ1v) is 7.53. The molecule has 0 saturated carbocycles. The highest BCUT2D eigenvalue weighted by atomic mass is 32.1. The van der Waals surface area contributed by atoms with E-state index in [1.54, 1.807) is 23.5 Å². The van der Waals surface area contributed by atoms with E-state index in [0.717, 1.165) is 10.9 Å². The molecule has 21 heavy (non-hydrogen) atoms. The lowest BCUT2D eigenvalue weighted by Gasteiger charge is -2.12. The summed E-state index contributed by atoms with van der Waals surface area (Å²) in [5.41, 5.74) is 1.76. The van der Waals surface area contributed by atoms with Gasteiger partial charge >= 0.3 is 0 Å². The average Bonchev–Trinajstić information content (AvgIpc) is 2.91. The Bertz CT molecular complexity index is 766. The lowest BCUT2D eigenvalue weighted by Crippen LogP contribution is -2.02. The van der Waals surface area contributed by atoms with Crippen LogP contribution in [0.15, 0.2) is 47.8 Å². The molecule has 0 spiro atoms. The van der Waals surface area contributed by atoms with Crippen LogP contribution in [0.25, 0.3) is 10.1 Å². The van der Waals surface area contributed by atoms with E-state index in [1.807, 2.05) is 12.1 Å². The standard InChI is InChI=1S/C17H15FO2S/c1-20-16-9-11(6-7-14(16)18)15(19)8-12-10-21-17-5-3-2-4-13(12)17/h2-7,9-10,15,19H,8H2,1H3. The fourth-order valence-corrected chi connectivity index (χ4v) is 3.38. The first kappa shape index (κ1) is 14.0. The Morgan fingerprint density at radius 2 is 2.05 bits per heavy atom. The lowest BCUT2D eigenvalue weighted by molar-refractivity contribution is 0.178. The zero-order chi connectivity index (χ0) is 14.8. The third-order valence-electron chi connectivity index (χ3n) is 3.53. The third kappa shape index (κ3) is 2.77. The van der Waals surface area contributed by atoms with Crippen LogP contribution in [0.4, 0.5) is 4.39 Å². The van der Waals surface area contributed by atoms with Crippen molar-refractivity contribution in [2.75, 3.05) is 7.11 Å². The molecule has 3 aromatic rings. The number of hydrogen-bond donors (Lipinski definition) is 1. The van der Waals surface area contributed by atoms with Gasteiger partial charge in [0.2, 0.25) is 0 Å². The summed E-state index contributed by atoms with van der Waals surface area (Å²) < 4.78 is 19.6. The van der Waals surface area contributed by atoms with Gasteiger partial charge in [-0.05, 0) is 40.1 Å². The summed E-state index contributed by atoms with van der Waals surface area (Å²) in [6, 6.07) is 12.6. The molecule has 2 nitrogen and oxygen atoms in total. The molecule has 108 valence electrons. The first-order chi connectivity index (χ1) is 10.2. The van der Waals surface area contributed by atoms with Gasteiger partial charge in [-0.15, -0.1) is 11.3 Å². The van der Waals surface area contributed by atoms with Gasteiger partial charge in [0.1, 0.15) is 0 Å². The Kier molecular flexibility index (Phi) is 3.90. The van der Waals surface area contributed by atoms with Crippen LogP contribution in [0, 0.1) is 5.82 Å². The van der Waals surface area contributed by atoms with Gasteiger partial charge in [-0.2, -0.15) is 0 Å². The smallest absolute Gasteiger partial charge is 0.165 e. The Balaban J connectivity index is 1.87. The van der Waals surface area contributed by atoms with E-state index in [0.29, 0.717) is 12.0 Å². The zero-order valence-electron chi connectivity index (χ0n) is 11.5. The summed E-state index contributed by atoms with van der Waals surface area (Å²) >= 11 is 1.67. The van der Waals surface area contributed by atoms with Gasteiger partial charge in [0, 0.05) is 11.1 Å². The number of ether oxygens (including phenoxy) is 1. The fourth-order valence-electron chi connectivity index (χ4n) is 2.40. The maximum atomic E-state index is 13.4. The summed E-state index contributed by atoms with van der Waals surface area (Å²) in [6.45, 7) is 0. The number of rotatable bonds is 4. The van der Waals surface area contributed by atoms with Crippen molar-refractivity contribution >= 4 is 21.4 Å². The van der Waals surface area contributed by atoms with Crippen molar-refractivity contribution in [3.63, 3.8) is 0 Å². The normalized spacial score (nSPS) is 12.5. The molecule has 0 amide bonds. The van der Waals surface area contributed by atoms with E-state index in [1.165, 1.54) is 17.9 Å². The quantitative estimate of drug-likeness (QED) is 0.777. The third-order valence-corrected chi connectivity index (χ3v) is 4.55. The first-order valence-electron chi connectivity index (χ1n) is 6.65. The van der Waals surface area contributed by atoms with Crippen LogP contribution >= 0.6 is 11.3 Å². The Morgan fingerprint density at radius 3 is 2.86 bits per heavy atom. The topological polar surface area (TPSA) is 29.5 Å². The van der Waals surface area contributed by atoms with Gasteiger partial charge < -0.3 is 9.84 Å². The molecule has 1 unspecified atom stereocenters. The van der Waals surface area contributed by atoms with Gasteiger partial charge in [0.25, 0.3) is 0 Å². The number of methoxy groups -OCH3 is 1. The molecule has 1 atom stereocenters. The summed E-state index contributed by atoms with van der Waals surface area (Å²) in [7, 11) is 1.42. The van der Waals surface area contributed by atoms with E-state index in [4.69, 9.17) is 4.74 Å². The summed E-state index contributed by atoms with van der Waals surface area (Å²) in [4.78, 5) is 0. The largest absolute Gasteiger partial charge is 0.494 e. The minimum absolute atomic E-state index is 0.154. The highest BCUT2D eigenvalue weighted by Gasteiger charge is 2.14.